The number of ether oxygens (including phenoxy) is 1. The van der Waals surface area contributed by atoms with Gasteiger partial charge in [-0.3, -0.25) is 4.79 Å². The molecule has 0 spiro atoms. The molecule has 2 aromatic rings. The monoisotopic (exact) mass is 482 g/mol. The molecule has 0 fully saturated rings. The van der Waals surface area contributed by atoms with Gasteiger partial charge in [-0.25, -0.2) is 0 Å². The molecule has 0 radical (unpaired) electrons. The predicted octanol–water partition coefficient (Wildman–Crippen LogP) is 0.922. The largest absolute Gasteiger partial charge is 1.00 e. The van der Waals surface area contributed by atoms with Crippen LogP contribution in [0.15, 0.2) is 41.3 Å². The fourth-order valence-corrected chi connectivity index (χ4v) is 4.25. The number of carbonyl (C=O) groups is 2. The van der Waals surface area contributed by atoms with Gasteiger partial charge in [-0.1, -0.05) is 32.4 Å². The van der Waals surface area contributed by atoms with Crippen molar-refractivity contribution in [3.05, 3.63) is 53.1 Å². The topological polar surface area (TPSA) is 107 Å². The number of Topliss-reactive ketones (excluding diaryl/α,β-unsaturated/α-hetero) is 1. The molecule has 0 bridgehead atoms. The number of ketones is 1. The number of phenolic OH excluding ortho intramolecular Hbond substituents is 1. The van der Waals surface area contributed by atoms with Crippen LogP contribution >= 0.6 is 11.8 Å². The summed E-state index contributed by atoms with van der Waals surface area (Å²) in [5.41, 5.74) is 1.68. The molecule has 174 valence electrons. The van der Waals surface area contributed by atoms with Gasteiger partial charge in [0.05, 0.1) is 18.3 Å². The Hall–Kier alpha value is -1.51. The van der Waals surface area contributed by atoms with Crippen molar-refractivity contribution in [3.8, 4) is 11.5 Å². The molecule has 0 aliphatic heterocycles. The van der Waals surface area contributed by atoms with Crippen LogP contribution < -0.4 is 39.4 Å². The van der Waals surface area contributed by atoms with E-state index in [0.29, 0.717) is 35.5 Å². The van der Waals surface area contributed by atoms with Gasteiger partial charge in [0.1, 0.15) is 11.5 Å². The van der Waals surface area contributed by atoms with E-state index in [9.17, 15) is 24.9 Å². The number of carboxylic acid groups (broad SMARTS) is 1. The third-order valence-corrected chi connectivity index (χ3v) is 6.28. The smallest absolute Gasteiger partial charge is 0.550 e. The summed E-state index contributed by atoms with van der Waals surface area (Å²) in [5.74, 6) is -0.306. The van der Waals surface area contributed by atoms with Gasteiger partial charge >= 0.3 is 29.6 Å². The van der Waals surface area contributed by atoms with Gasteiger partial charge in [-0.15, -0.1) is 11.8 Å². The standard InChI is InChI=1S/C25H32O6S.Na/c1-4-6-21-22(12-11-20(17(3)26)25(21)30)31-13-5-14-32-19-9-7-18(8-10-19)24(29)16(2)15-23(27)28;/h7-12,16,24,29-30H,4-6,13-15H2,1-3H3,(H,27,28);/q;+1/p-1/t16-,24?;/m0./s1. The first-order valence-corrected chi connectivity index (χ1v) is 11.8. The summed E-state index contributed by atoms with van der Waals surface area (Å²) in [5, 5.41) is 31.4. The van der Waals surface area contributed by atoms with Crippen molar-refractivity contribution in [1.82, 2.24) is 0 Å². The predicted molar refractivity (Wildman–Crippen MR) is 123 cm³/mol. The van der Waals surface area contributed by atoms with Crippen molar-refractivity contribution in [2.24, 2.45) is 5.92 Å². The normalized spacial score (nSPS) is 12.5. The van der Waals surface area contributed by atoms with Crippen LogP contribution in [-0.2, 0) is 11.2 Å². The van der Waals surface area contributed by atoms with Crippen LogP contribution in [0.5, 0.6) is 11.5 Å². The van der Waals surface area contributed by atoms with Crippen LogP contribution in [0.25, 0.3) is 0 Å². The van der Waals surface area contributed by atoms with Gasteiger partial charge in [0.2, 0.25) is 0 Å². The molecular formula is C25H31NaO6S. The molecule has 2 aromatic carbocycles. The van der Waals surface area contributed by atoms with E-state index in [1.807, 2.05) is 31.2 Å². The van der Waals surface area contributed by atoms with E-state index in [1.165, 1.54) is 6.92 Å². The fraction of sp³-hybridized carbons (Fsp3) is 0.440. The third-order valence-electron chi connectivity index (χ3n) is 5.18. The van der Waals surface area contributed by atoms with E-state index in [0.717, 1.165) is 23.5 Å². The zero-order valence-electron chi connectivity index (χ0n) is 19.8. The maximum atomic E-state index is 11.7. The Morgan fingerprint density at radius 3 is 2.39 bits per heavy atom. The van der Waals surface area contributed by atoms with Crippen LogP contribution in [0.4, 0.5) is 0 Å². The van der Waals surface area contributed by atoms with E-state index in [-0.39, 0.29) is 47.5 Å². The van der Waals surface area contributed by atoms with Gasteiger partial charge in [0.15, 0.2) is 5.78 Å². The molecule has 0 aliphatic rings. The quantitative estimate of drug-likeness (QED) is 0.189. The Morgan fingerprint density at radius 1 is 1.15 bits per heavy atom. The first-order valence-electron chi connectivity index (χ1n) is 10.8. The molecule has 1 unspecified atom stereocenters. The van der Waals surface area contributed by atoms with Crippen LogP contribution in [0.1, 0.15) is 67.6 Å². The van der Waals surface area contributed by atoms with Crippen LogP contribution in [0, 0.1) is 5.92 Å². The summed E-state index contributed by atoms with van der Waals surface area (Å²) in [6.07, 6.45) is 1.23. The number of hydrogen-bond donors (Lipinski definition) is 2. The molecule has 6 nitrogen and oxygen atoms in total. The average molecular weight is 483 g/mol. The molecule has 2 atom stereocenters. The molecule has 2 rings (SSSR count). The molecule has 0 saturated heterocycles. The number of carbonyl (C=O) groups excluding carboxylic acids is 2. The maximum Gasteiger partial charge on any atom is 1.00 e. The molecule has 0 heterocycles. The second-order valence-corrected chi connectivity index (χ2v) is 9.03. The van der Waals surface area contributed by atoms with Gasteiger partial charge in [0, 0.05) is 22.2 Å². The molecule has 8 heteroatoms. The minimum absolute atomic E-state index is 0. The average Bonchev–Trinajstić information content (AvgIpc) is 2.75. The summed E-state index contributed by atoms with van der Waals surface area (Å²) in [4.78, 5) is 23.4. The summed E-state index contributed by atoms with van der Waals surface area (Å²) >= 11 is 1.66. The number of carboxylic acids is 1. The Labute approximate surface area is 222 Å². The molecule has 0 aromatic heterocycles. The number of thioether (sulfide) groups is 1. The zero-order valence-corrected chi connectivity index (χ0v) is 22.6. The Balaban J connectivity index is 0.00000544. The zero-order chi connectivity index (χ0) is 23.7. The summed E-state index contributed by atoms with van der Waals surface area (Å²) < 4.78 is 5.88. The number of aliphatic carboxylic acids is 1. The second kappa shape index (κ2) is 14.7. The molecular weight excluding hydrogens is 451 g/mol. The van der Waals surface area contributed by atoms with Crippen LogP contribution in [0.3, 0.4) is 0 Å². The number of phenols is 1. The fourth-order valence-electron chi connectivity index (χ4n) is 3.42. The molecule has 0 amide bonds. The maximum absolute atomic E-state index is 11.7. The van der Waals surface area contributed by atoms with Crippen molar-refractivity contribution in [3.63, 3.8) is 0 Å². The van der Waals surface area contributed by atoms with Crippen molar-refractivity contribution in [1.29, 1.82) is 0 Å². The van der Waals surface area contributed by atoms with Crippen LogP contribution in [-0.4, -0.2) is 34.3 Å². The van der Waals surface area contributed by atoms with Gasteiger partial charge in [-0.05, 0) is 61.9 Å². The first-order chi connectivity index (χ1) is 15.2. The number of hydrogen-bond acceptors (Lipinski definition) is 7. The Bertz CT molecular complexity index is 916. The van der Waals surface area contributed by atoms with Crippen molar-refractivity contribution < 1.29 is 59.2 Å². The minimum Gasteiger partial charge on any atom is -0.550 e. The molecule has 33 heavy (non-hydrogen) atoms. The van der Waals surface area contributed by atoms with E-state index < -0.39 is 18.0 Å². The SMILES string of the molecule is CCCc1c(OCCCSc2ccc(C(O)[C@@H](C)CC(=O)[O-])cc2)ccc(C(C)=O)c1O.[Na+]. The summed E-state index contributed by atoms with van der Waals surface area (Å²) in [7, 11) is 0. The van der Waals surface area contributed by atoms with E-state index in [1.54, 1.807) is 30.8 Å². The summed E-state index contributed by atoms with van der Waals surface area (Å²) in [6, 6.07) is 10.8. The van der Waals surface area contributed by atoms with E-state index in [2.05, 4.69) is 0 Å². The van der Waals surface area contributed by atoms with E-state index >= 15 is 0 Å². The first kappa shape index (κ1) is 29.5. The number of rotatable bonds is 13. The second-order valence-electron chi connectivity index (χ2n) is 7.86. The molecule has 2 N–H and O–H groups in total. The van der Waals surface area contributed by atoms with Gasteiger partial charge < -0.3 is 24.9 Å². The number of benzene rings is 2. The van der Waals surface area contributed by atoms with Gasteiger partial charge in [-0.2, -0.15) is 0 Å². The van der Waals surface area contributed by atoms with Gasteiger partial charge in [0.25, 0.3) is 0 Å². The summed E-state index contributed by atoms with van der Waals surface area (Å²) in [6.45, 7) is 5.61. The third kappa shape index (κ3) is 8.98. The molecule has 0 saturated carbocycles. The van der Waals surface area contributed by atoms with Crippen molar-refractivity contribution >= 4 is 23.5 Å². The number of aromatic hydroxyl groups is 1. The van der Waals surface area contributed by atoms with Crippen LogP contribution in [0.2, 0.25) is 0 Å². The van der Waals surface area contributed by atoms with E-state index in [4.69, 9.17) is 4.74 Å². The number of aliphatic hydroxyl groups excluding tert-OH is 1. The Kier molecular flexibility index (Phi) is 13.1. The van der Waals surface area contributed by atoms with Crippen molar-refractivity contribution in [2.45, 2.75) is 57.5 Å². The minimum atomic E-state index is -1.17. The Morgan fingerprint density at radius 2 is 1.82 bits per heavy atom. The molecule has 0 aliphatic carbocycles. The van der Waals surface area contributed by atoms with Crippen molar-refractivity contribution in [2.75, 3.05) is 12.4 Å². The number of aliphatic hydroxyl groups is 1.